The average Bonchev–Trinajstić information content (AvgIpc) is 2.15. The molecule has 1 N–H and O–H groups in total. The first-order valence-electron chi connectivity index (χ1n) is 4.36. The summed E-state index contributed by atoms with van der Waals surface area (Å²) in [6.07, 6.45) is 0. The summed E-state index contributed by atoms with van der Waals surface area (Å²) in [4.78, 5) is 11.1. The Hall–Kier alpha value is -1.35. The molecule has 0 heterocycles. The first kappa shape index (κ1) is 10.7. The van der Waals surface area contributed by atoms with Gasteiger partial charge in [0.15, 0.2) is 0 Å². The van der Waals surface area contributed by atoms with Crippen LogP contribution in [0.15, 0.2) is 24.3 Å². The van der Waals surface area contributed by atoms with Crippen LogP contribution in [0.25, 0.3) is 0 Å². The fraction of sp³-hybridized carbons (Fsp3) is 0.364. The molecule has 76 valence electrons. The van der Waals surface area contributed by atoms with Gasteiger partial charge >= 0.3 is 5.97 Å². The lowest BCUT2D eigenvalue weighted by molar-refractivity contribution is 0.0598. The van der Waals surface area contributed by atoms with E-state index in [0.717, 1.165) is 5.56 Å². The van der Waals surface area contributed by atoms with Gasteiger partial charge in [-0.15, -0.1) is 0 Å². The first-order valence-corrected chi connectivity index (χ1v) is 4.36. The van der Waals surface area contributed by atoms with Crippen LogP contribution in [0.1, 0.15) is 29.8 Å². The summed E-state index contributed by atoms with van der Waals surface area (Å²) >= 11 is 0. The van der Waals surface area contributed by atoms with Gasteiger partial charge in [-0.3, -0.25) is 0 Å². The van der Waals surface area contributed by atoms with Gasteiger partial charge in [0.25, 0.3) is 0 Å². The largest absolute Gasteiger partial charge is 0.465 e. The van der Waals surface area contributed by atoms with Crippen LogP contribution in [0, 0.1) is 0 Å². The Morgan fingerprint density at radius 2 is 1.79 bits per heavy atom. The van der Waals surface area contributed by atoms with Crippen LogP contribution >= 0.6 is 0 Å². The third kappa shape index (κ3) is 2.33. The van der Waals surface area contributed by atoms with Gasteiger partial charge in [0.2, 0.25) is 0 Å². The van der Waals surface area contributed by atoms with Crippen molar-refractivity contribution in [2.45, 2.75) is 19.4 Å². The van der Waals surface area contributed by atoms with E-state index in [1.165, 1.54) is 7.11 Å². The maximum absolute atomic E-state index is 11.1. The fourth-order valence-electron chi connectivity index (χ4n) is 1.13. The third-order valence-corrected chi connectivity index (χ3v) is 2.01. The lowest BCUT2D eigenvalue weighted by atomic mass is 9.97. The van der Waals surface area contributed by atoms with Crippen LogP contribution in [-0.2, 0) is 10.3 Å². The lowest BCUT2D eigenvalue weighted by Crippen LogP contribution is -2.15. The number of benzene rings is 1. The second kappa shape index (κ2) is 3.80. The first-order chi connectivity index (χ1) is 6.45. The molecule has 1 rings (SSSR count). The Bertz CT molecular complexity index is 319. The molecular weight excluding hydrogens is 180 g/mol. The van der Waals surface area contributed by atoms with Crippen LogP contribution in [0.5, 0.6) is 0 Å². The van der Waals surface area contributed by atoms with Gasteiger partial charge in [-0.2, -0.15) is 0 Å². The summed E-state index contributed by atoms with van der Waals surface area (Å²) in [5.41, 5.74) is 0.375. The number of esters is 1. The highest BCUT2D eigenvalue weighted by Crippen LogP contribution is 2.19. The zero-order valence-electron chi connectivity index (χ0n) is 8.57. The molecule has 0 radical (unpaired) electrons. The minimum Gasteiger partial charge on any atom is -0.465 e. The lowest BCUT2D eigenvalue weighted by Gasteiger charge is -2.17. The molecule has 0 saturated carbocycles. The normalized spacial score (nSPS) is 11.1. The van der Waals surface area contributed by atoms with E-state index in [2.05, 4.69) is 4.74 Å². The number of rotatable bonds is 2. The molecular formula is C11H14O3. The molecule has 14 heavy (non-hydrogen) atoms. The molecule has 0 fully saturated rings. The maximum Gasteiger partial charge on any atom is 0.337 e. The predicted molar refractivity (Wildman–Crippen MR) is 53.0 cm³/mol. The Labute approximate surface area is 83.3 Å². The van der Waals surface area contributed by atoms with Gasteiger partial charge in [0, 0.05) is 0 Å². The van der Waals surface area contributed by atoms with Crippen molar-refractivity contribution in [2.75, 3.05) is 7.11 Å². The maximum atomic E-state index is 11.1. The van der Waals surface area contributed by atoms with Crippen LogP contribution < -0.4 is 0 Å². The van der Waals surface area contributed by atoms with Crippen molar-refractivity contribution in [1.82, 2.24) is 0 Å². The molecule has 0 atom stereocenters. The van der Waals surface area contributed by atoms with E-state index in [1.807, 2.05) is 0 Å². The number of ether oxygens (including phenoxy) is 1. The average molecular weight is 194 g/mol. The van der Waals surface area contributed by atoms with E-state index < -0.39 is 5.60 Å². The van der Waals surface area contributed by atoms with Crippen molar-refractivity contribution in [2.24, 2.45) is 0 Å². The van der Waals surface area contributed by atoms with E-state index in [-0.39, 0.29) is 5.97 Å². The van der Waals surface area contributed by atoms with Gasteiger partial charge in [-0.25, -0.2) is 4.79 Å². The molecule has 0 aliphatic carbocycles. The fourth-order valence-corrected chi connectivity index (χ4v) is 1.13. The van der Waals surface area contributed by atoms with Crippen molar-refractivity contribution in [3.8, 4) is 0 Å². The summed E-state index contributed by atoms with van der Waals surface area (Å²) < 4.78 is 4.56. The predicted octanol–water partition coefficient (Wildman–Crippen LogP) is 1.70. The van der Waals surface area contributed by atoms with Gasteiger partial charge in [0.05, 0.1) is 18.3 Å². The summed E-state index contributed by atoms with van der Waals surface area (Å²) in [5.74, 6) is -0.368. The monoisotopic (exact) mass is 194 g/mol. The molecule has 0 spiro atoms. The van der Waals surface area contributed by atoms with E-state index in [0.29, 0.717) is 5.56 Å². The highest BCUT2D eigenvalue weighted by molar-refractivity contribution is 5.89. The van der Waals surface area contributed by atoms with Crippen LogP contribution in [0.4, 0.5) is 0 Å². The minimum atomic E-state index is -0.880. The molecule has 3 nitrogen and oxygen atoms in total. The Morgan fingerprint density at radius 1 is 1.29 bits per heavy atom. The number of hydrogen-bond acceptors (Lipinski definition) is 3. The summed E-state index contributed by atoms with van der Waals surface area (Å²) in [6, 6.07) is 6.71. The number of carbonyl (C=O) groups excluding carboxylic acids is 1. The van der Waals surface area contributed by atoms with Gasteiger partial charge in [-0.05, 0) is 31.5 Å². The van der Waals surface area contributed by atoms with E-state index in [9.17, 15) is 9.90 Å². The smallest absolute Gasteiger partial charge is 0.337 e. The molecule has 1 aromatic rings. The van der Waals surface area contributed by atoms with Crippen molar-refractivity contribution in [1.29, 1.82) is 0 Å². The Morgan fingerprint density at radius 3 is 2.14 bits per heavy atom. The molecule has 0 unspecified atom stereocenters. The zero-order valence-corrected chi connectivity index (χ0v) is 8.57. The number of methoxy groups -OCH3 is 1. The highest BCUT2D eigenvalue weighted by atomic mass is 16.5. The zero-order chi connectivity index (χ0) is 10.8. The van der Waals surface area contributed by atoms with Crippen LogP contribution in [0.2, 0.25) is 0 Å². The van der Waals surface area contributed by atoms with Crippen molar-refractivity contribution >= 4 is 5.97 Å². The van der Waals surface area contributed by atoms with E-state index >= 15 is 0 Å². The van der Waals surface area contributed by atoms with Crippen molar-refractivity contribution in [3.63, 3.8) is 0 Å². The van der Waals surface area contributed by atoms with Gasteiger partial charge in [0.1, 0.15) is 0 Å². The topological polar surface area (TPSA) is 46.5 Å². The van der Waals surface area contributed by atoms with Crippen LogP contribution in [0.3, 0.4) is 0 Å². The van der Waals surface area contributed by atoms with E-state index in [4.69, 9.17) is 0 Å². The molecule has 0 saturated heterocycles. The van der Waals surface area contributed by atoms with E-state index in [1.54, 1.807) is 38.1 Å². The van der Waals surface area contributed by atoms with Gasteiger partial charge in [-0.1, -0.05) is 12.1 Å². The second-order valence-corrected chi connectivity index (χ2v) is 3.63. The molecule has 1 aromatic carbocycles. The number of aliphatic hydroxyl groups is 1. The third-order valence-electron chi connectivity index (χ3n) is 2.01. The molecule has 0 aromatic heterocycles. The minimum absolute atomic E-state index is 0.368. The molecule has 0 aliphatic rings. The molecule has 3 heteroatoms. The quantitative estimate of drug-likeness (QED) is 0.729. The Balaban J connectivity index is 2.95. The molecule has 0 aliphatic heterocycles. The van der Waals surface area contributed by atoms with Gasteiger partial charge < -0.3 is 9.84 Å². The highest BCUT2D eigenvalue weighted by Gasteiger charge is 2.16. The van der Waals surface area contributed by atoms with Crippen molar-refractivity contribution < 1.29 is 14.6 Å². The van der Waals surface area contributed by atoms with Crippen LogP contribution in [-0.4, -0.2) is 18.2 Å². The SMILES string of the molecule is COC(=O)c1ccc(C(C)(C)O)cc1. The number of hydrogen-bond donors (Lipinski definition) is 1. The summed E-state index contributed by atoms with van der Waals surface area (Å²) in [6.45, 7) is 3.39. The molecule has 0 amide bonds. The summed E-state index contributed by atoms with van der Waals surface area (Å²) in [5, 5.41) is 9.66. The second-order valence-electron chi connectivity index (χ2n) is 3.63. The molecule has 0 bridgehead atoms. The standard InChI is InChI=1S/C11H14O3/c1-11(2,13)9-6-4-8(5-7-9)10(12)14-3/h4-7,13H,1-3H3. The summed E-state index contributed by atoms with van der Waals surface area (Å²) in [7, 11) is 1.34. The Kier molecular flexibility index (Phi) is 2.91. The van der Waals surface area contributed by atoms with Crippen molar-refractivity contribution in [3.05, 3.63) is 35.4 Å². The number of carbonyl (C=O) groups is 1.